The molecule has 0 amide bonds. The van der Waals surface area contributed by atoms with Gasteiger partial charge in [0.15, 0.2) is 11.5 Å². The second-order valence-electron chi connectivity index (χ2n) is 5.97. The van der Waals surface area contributed by atoms with E-state index in [1.165, 1.54) is 25.0 Å². The van der Waals surface area contributed by atoms with E-state index in [1.807, 2.05) is 12.1 Å². The number of unbranched alkanes of at least 4 members (excludes halogenated alkanes) is 2. The van der Waals surface area contributed by atoms with Gasteiger partial charge in [-0.15, -0.1) is 0 Å². The number of benzene rings is 2. The Morgan fingerprint density at radius 3 is 2.69 bits per heavy atom. The van der Waals surface area contributed by atoms with Crippen LogP contribution in [0.5, 0.6) is 11.5 Å². The predicted octanol–water partition coefficient (Wildman–Crippen LogP) is 6.11. The molecule has 0 unspecified atom stereocenters. The highest BCUT2D eigenvalue weighted by Crippen LogP contribution is 2.37. The van der Waals surface area contributed by atoms with Crippen LogP contribution in [0, 0.1) is 5.82 Å². The van der Waals surface area contributed by atoms with Crippen LogP contribution >= 0.6 is 27.5 Å². The van der Waals surface area contributed by atoms with Crippen LogP contribution in [0.3, 0.4) is 0 Å². The first kappa shape index (κ1) is 21.0. The summed E-state index contributed by atoms with van der Waals surface area (Å²) in [5, 5.41) is 3.79. The summed E-state index contributed by atoms with van der Waals surface area (Å²) in [6.45, 7) is 4.02. The Balaban J connectivity index is 2.14. The molecule has 0 saturated carbocycles. The van der Waals surface area contributed by atoms with Crippen LogP contribution in [0.25, 0.3) is 0 Å². The molecule has 26 heavy (non-hydrogen) atoms. The van der Waals surface area contributed by atoms with E-state index in [2.05, 4.69) is 28.2 Å². The minimum Gasteiger partial charge on any atom is -0.493 e. The monoisotopic (exact) mass is 443 g/mol. The summed E-state index contributed by atoms with van der Waals surface area (Å²) in [6.07, 6.45) is 3.54. The van der Waals surface area contributed by atoms with Crippen LogP contribution in [0.15, 0.2) is 34.8 Å². The van der Waals surface area contributed by atoms with Crippen LogP contribution in [0.2, 0.25) is 5.02 Å². The van der Waals surface area contributed by atoms with Crippen molar-refractivity contribution < 1.29 is 13.9 Å². The van der Waals surface area contributed by atoms with Gasteiger partial charge in [0.05, 0.1) is 12.1 Å². The van der Waals surface area contributed by atoms with Gasteiger partial charge in [-0.25, -0.2) is 4.39 Å². The van der Waals surface area contributed by atoms with Gasteiger partial charge >= 0.3 is 0 Å². The zero-order valence-corrected chi connectivity index (χ0v) is 17.4. The standard InChI is InChI=1S/C20H24BrClFNO2/c1-3-4-5-10-24-12-16-17(21)8-9-19(25-2)20(16)26-13-14-6-7-15(23)11-18(14)22/h6-9,11,24H,3-5,10,12-13H2,1-2H3. The molecule has 3 nitrogen and oxygen atoms in total. The molecular weight excluding hydrogens is 421 g/mol. The Morgan fingerprint density at radius 1 is 1.19 bits per heavy atom. The lowest BCUT2D eigenvalue weighted by atomic mass is 10.1. The molecule has 2 aromatic carbocycles. The SMILES string of the molecule is CCCCCNCc1c(Br)ccc(OC)c1OCc1ccc(F)cc1Cl. The number of methoxy groups -OCH3 is 1. The molecule has 2 aromatic rings. The lowest BCUT2D eigenvalue weighted by molar-refractivity contribution is 0.280. The molecule has 0 saturated heterocycles. The summed E-state index contributed by atoms with van der Waals surface area (Å²) in [4.78, 5) is 0. The minimum absolute atomic E-state index is 0.231. The van der Waals surface area contributed by atoms with Crippen LogP contribution in [0.1, 0.15) is 37.3 Å². The van der Waals surface area contributed by atoms with Crippen molar-refractivity contribution in [1.82, 2.24) is 5.32 Å². The topological polar surface area (TPSA) is 30.5 Å². The van der Waals surface area contributed by atoms with Crippen molar-refractivity contribution in [3.63, 3.8) is 0 Å². The second kappa shape index (κ2) is 10.8. The average Bonchev–Trinajstić information content (AvgIpc) is 2.62. The third-order valence-corrected chi connectivity index (χ3v) is 5.13. The first-order valence-electron chi connectivity index (χ1n) is 8.69. The van der Waals surface area contributed by atoms with Crippen molar-refractivity contribution >= 4 is 27.5 Å². The van der Waals surface area contributed by atoms with Crippen molar-refractivity contribution in [3.05, 3.63) is 56.8 Å². The van der Waals surface area contributed by atoms with Gasteiger partial charge in [0.2, 0.25) is 0 Å². The van der Waals surface area contributed by atoms with Crippen LogP contribution in [0.4, 0.5) is 4.39 Å². The van der Waals surface area contributed by atoms with Crippen molar-refractivity contribution in [1.29, 1.82) is 0 Å². The molecule has 0 aliphatic carbocycles. The average molecular weight is 445 g/mol. The third-order valence-electron chi connectivity index (χ3n) is 4.03. The molecule has 1 N–H and O–H groups in total. The van der Waals surface area contributed by atoms with Crippen LogP contribution in [-0.4, -0.2) is 13.7 Å². The zero-order valence-electron chi connectivity index (χ0n) is 15.1. The van der Waals surface area contributed by atoms with E-state index in [-0.39, 0.29) is 12.4 Å². The largest absolute Gasteiger partial charge is 0.493 e. The maximum absolute atomic E-state index is 13.2. The van der Waals surface area contributed by atoms with Gasteiger partial charge in [-0.2, -0.15) is 0 Å². The van der Waals surface area contributed by atoms with E-state index < -0.39 is 0 Å². The summed E-state index contributed by atoms with van der Waals surface area (Å²) in [5.74, 6) is 0.942. The van der Waals surface area contributed by atoms with E-state index in [9.17, 15) is 4.39 Å². The van der Waals surface area contributed by atoms with Gasteiger partial charge in [-0.1, -0.05) is 53.4 Å². The number of hydrogen-bond acceptors (Lipinski definition) is 3. The Labute approximate surface area is 168 Å². The lowest BCUT2D eigenvalue weighted by Gasteiger charge is -2.17. The van der Waals surface area contributed by atoms with Crippen LogP contribution < -0.4 is 14.8 Å². The predicted molar refractivity (Wildman–Crippen MR) is 108 cm³/mol. The minimum atomic E-state index is -0.365. The Morgan fingerprint density at radius 2 is 2.00 bits per heavy atom. The highest BCUT2D eigenvalue weighted by atomic mass is 79.9. The van der Waals surface area contributed by atoms with Gasteiger partial charge in [0.1, 0.15) is 12.4 Å². The summed E-state index contributed by atoms with van der Waals surface area (Å²) < 4.78 is 25.6. The number of ether oxygens (including phenoxy) is 2. The summed E-state index contributed by atoms with van der Waals surface area (Å²) in [6, 6.07) is 8.09. The number of hydrogen-bond donors (Lipinski definition) is 1. The fourth-order valence-electron chi connectivity index (χ4n) is 2.57. The highest BCUT2D eigenvalue weighted by molar-refractivity contribution is 9.10. The summed E-state index contributed by atoms with van der Waals surface area (Å²) in [5.41, 5.74) is 1.70. The Kier molecular flexibility index (Phi) is 8.69. The first-order valence-corrected chi connectivity index (χ1v) is 9.86. The van der Waals surface area contributed by atoms with E-state index >= 15 is 0 Å². The fourth-order valence-corrected chi connectivity index (χ4v) is 3.24. The molecule has 0 spiro atoms. The Hall–Kier alpha value is -1.30. The maximum Gasteiger partial charge on any atom is 0.167 e. The molecule has 0 atom stereocenters. The van der Waals surface area contributed by atoms with E-state index in [0.29, 0.717) is 23.1 Å². The van der Waals surface area contributed by atoms with Crippen molar-refractivity contribution in [2.45, 2.75) is 39.3 Å². The fraction of sp³-hybridized carbons (Fsp3) is 0.400. The molecule has 0 aromatic heterocycles. The molecule has 0 aliphatic heterocycles. The first-order chi connectivity index (χ1) is 12.6. The molecule has 0 fully saturated rings. The van der Waals surface area contributed by atoms with Crippen molar-refractivity contribution in [2.24, 2.45) is 0 Å². The van der Waals surface area contributed by atoms with Crippen LogP contribution in [-0.2, 0) is 13.2 Å². The van der Waals surface area contributed by atoms with E-state index in [4.69, 9.17) is 21.1 Å². The van der Waals surface area contributed by atoms with Crippen molar-refractivity contribution in [2.75, 3.05) is 13.7 Å². The maximum atomic E-state index is 13.2. The smallest absolute Gasteiger partial charge is 0.167 e. The van der Waals surface area contributed by atoms with E-state index in [1.54, 1.807) is 13.2 Å². The number of rotatable bonds is 10. The summed E-state index contributed by atoms with van der Waals surface area (Å²) in [7, 11) is 1.61. The molecule has 0 heterocycles. The molecule has 2 rings (SSSR count). The second-order valence-corrected chi connectivity index (χ2v) is 7.23. The number of halogens is 3. The lowest BCUT2D eigenvalue weighted by Crippen LogP contribution is -2.16. The molecule has 0 bridgehead atoms. The highest BCUT2D eigenvalue weighted by Gasteiger charge is 2.15. The third kappa shape index (κ3) is 5.86. The van der Waals surface area contributed by atoms with Gasteiger partial charge in [0.25, 0.3) is 0 Å². The molecule has 6 heteroatoms. The summed E-state index contributed by atoms with van der Waals surface area (Å²) >= 11 is 9.69. The van der Waals surface area contributed by atoms with Gasteiger partial charge < -0.3 is 14.8 Å². The quantitative estimate of drug-likeness (QED) is 0.449. The van der Waals surface area contributed by atoms with Gasteiger partial charge in [0, 0.05) is 22.1 Å². The van der Waals surface area contributed by atoms with Gasteiger partial charge in [-0.3, -0.25) is 0 Å². The molecular formula is C20H24BrClFNO2. The number of nitrogens with one attached hydrogen (secondary N) is 1. The molecule has 0 radical (unpaired) electrons. The van der Waals surface area contributed by atoms with Gasteiger partial charge in [-0.05, 0) is 37.2 Å². The molecule has 142 valence electrons. The molecule has 0 aliphatic rings. The normalized spacial score (nSPS) is 10.8. The Bertz CT molecular complexity index is 727. The van der Waals surface area contributed by atoms with Crippen molar-refractivity contribution in [3.8, 4) is 11.5 Å². The van der Waals surface area contributed by atoms with E-state index in [0.717, 1.165) is 28.6 Å². The zero-order chi connectivity index (χ0) is 18.9.